The van der Waals surface area contributed by atoms with Crippen molar-refractivity contribution in [2.24, 2.45) is 5.92 Å². The number of methoxy groups -OCH3 is 1. The van der Waals surface area contributed by atoms with Crippen LogP contribution < -0.4 is 0 Å². The Morgan fingerprint density at radius 2 is 1.96 bits per heavy atom. The third-order valence-electron chi connectivity index (χ3n) is 3.82. The van der Waals surface area contributed by atoms with Gasteiger partial charge in [-0.2, -0.15) is 0 Å². The highest BCUT2D eigenvalue weighted by molar-refractivity contribution is 5.72. The molecule has 0 fully saturated rings. The van der Waals surface area contributed by atoms with Crippen molar-refractivity contribution < 1.29 is 14.6 Å². The summed E-state index contributed by atoms with van der Waals surface area (Å²) in [6.07, 6.45) is 14.7. The molecule has 0 aliphatic carbocycles. The summed E-state index contributed by atoms with van der Waals surface area (Å²) in [5, 5.41) is 8.81. The minimum absolute atomic E-state index is 0.427. The third-order valence-corrected chi connectivity index (χ3v) is 3.82. The molecule has 0 aromatic heterocycles. The Balaban J connectivity index is 3.62. The number of hydrogen-bond acceptors (Lipinski definition) is 2. The summed E-state index contributed by atoms with van der Waals surface area (Å²) in [6, 6.07) is 0. The van der Waals surface area contributed by atoms with E-state index in [9.17, 15) is 4.79 Å². The minimum Gasteiger partial charge on any atom is -0.479 e. The van der Waals surface area contributed by atoms with Crippen molar-refractivity contribution in [2.45, 2.75) is 70.8 Å². The molecule has 0 aromatic rings. The van der Waals surface area contributed by atoms with E-state index in [1.807, 2.05) is 12.2 Å². The topological polar surface area (TPSA) is 46.5 Å². The van der Waals surface area contributed by atoms with Crippen LogP contribution >= 0.6 is 0 Å². The normalized spacial score (nSPS) is 13.3. The van der Waals surface area contributed by atoms with E-state index < -0.39 is 12.1 Å². The molecule has 0 radical (unpaired) electrons. The fraction of sp³-hybridized carbons (Fsp3) is 0.650. The number of unbranched alkanes of at least 4 members (excludes halogenated alkanes) is 3. The van der Waals surface area contributed by atoms with E-state index in [4.69, 9.17) is 9.84 Å². The second-order valence-electron chi connectivity index (χ2n) is 5.93. The van der Waals surface area contributed by atoms with Crippen molar-refractivity contribution >= 4 is 5.97 Å². The lowest BCUT2D eigenvalue weighted by atomic mass is 9.97. The van der Waals surface area contributed by atoms with E-state index in [0.717, 1.165) is 18.8 Å². The summed E-state index contributed by atoms with van der Waals surface area (Å²) >= 11 is 0. The zero-order valence-corrected chi connectivity index (χ0v) is 14.7. The quantitative estimate of drug-likeness (QED) is 0.296. The van der Waals surface area contributed by atoms with Crippen molar-refractivity contribution in [1.29, 1.82) is 0 Å². The van der Waals surface area contributed by atoms with Crippen LogP contribution in [-0.4, -0.2) is 24.3 Å². The molecule has 0 heterocycles. The molecule has 1 unspecified atom stereocenters. The lowest BCUT2D eigenvalue weighted by Gasteiger charge is -2.09. The van der Waals surface area contributed by atoms with E-state index in [0.29, 0.717) is 12.8 Å². The Labute approximate surface area is 141 Å². The Bertz CT molecular complexity index is 401. The van der Waals surface area contributed by atoms with Gasteiger partial charge in [-0.15, -0.1) is 6.58 Å². The van der Waals surface area contributed by atoms with Crippen molar-refractivity contribution in [2.75, 3.05) is 7.11 Å². The predicted molar refractivity (Wildman–Crippen MR) is 96.3 cm³/mol. The molecule has 0 aromatic carbocycles. The molecular formula is C20H32O3. The second kappa shape index (κ2) is 15.4. The van der Waals surface area contributed by atoms with Gasteiger partial charge in [0.25, 0.3) is 0 Å². The number of aliphatic carboxylic acids is 1. The zero-order chi connectivity index (χ0) is 17.3. The molecule has 0 amide bonds. The summed E-state index contributed by atoms with van der Waals surface area (Å²) < 4.78 is 4.85. The first kappa shape index (κ1) is 21.5. The molecule has 0 bridgehead atoms. The highest BCUT2D eigenvalue weighted by atomic mass is 16.5. The molecule has 23 heavy (non-hydrogen) atoms. The van der Waals surface area contributed by atoms with Gasteiger partial charge in [0, 0.05) is 13.5 Å². The molecule has 1 N–H and O–H groups in total. The second-order valence-corrected chi connectivity index (χ2v) is 5.93. The van der Waals surface area contributed by atoms with Crippen LogP contribution in [-0.2, 0) is 9.53 Å². The van der Waals surface area contributed by atoms with E-state index >= 15 is 0 Å². The van der Waals surface area contributed by atoms with Gasteiger partial charge < -0.3 is 9.84 Å². The maximum absolute atomic E-state index is 10.7. The third kappa shape index (κ3) is 13.8. The highest BCUT2D eigenvalue weighted by Crippen LogP contribution is 2.16. The molecule has 130 valence electrons. The van der Waals surface area contributed by atoms with E-state index in [2.05, 4.69) is 31.4 Å². The summed E-state index contributed by atoms with van der Waals surface area (Å²) in [6.45, 7) is 6.07. The van der Waals surface area contributed by atoms with Crippen LogP contribution in [0.3, 0.4) is 0 Å². The van der Waals surface area contributed by atoms with Gasteiger partial charge in [0.15, 0.2) is 6.10 Å². The largest absolute Gasteiger partial charge is 0.479 e. The molecule has 3 nitrogen and oxygen atoms in total. The fourth-order valence-corrected chi connectivity index (χ4v) is 2.33. The summed E-state index contributed by atoms with van der Waals surface area (Å²) in [5.74, 6) is 5.77. The minimum atomic E-state index is -0.927. The number of allylic oxidation sites excluding steroid dienone is 3. The van der Waals surface area contributed by atoms with Crippen LogP contribution in [0.4, 0.5) is 0 Å². The number of carbonyl (C=O) groups is 1. The summed E-state index contributed by atoms with van der Waals surface area (Å²) in [5.41, 5.74) is 0. The van der Waals surface area contributed by atoms with Crippen LogP contribution in [0.25, 0.3) is 0 Å². The molecule has 0 saturated heterocycles. The predicted octanol–water partition coefficient (Wildman–Crippen LogP) is 4.98. The highest BCUT2D eigenvalue weighted by Gasteiger charge is 2.14. The van der Waals surface area contributed by atoms with Crippen LogP contribution in [0.2, 0.25) is 0 Å². The van der Waals surface area contributed by atoms with Crippen LogP contribution in [0.1, 0.15) is 64.7 Å². The Morgan fingerprint density at radius 3 is 2.61 bits per heavy atom. The SMILES string of the molecule is C=CCCCCC(C)CCC/C=C\C#CCC[C@H](OC)C(=O)O. The van der Waals surface area contributed by atoms with Crippen molar-refractivity contribution in [3.63, 3.8) is 0 Å². The van der Waals surface area contributed by atoms with Crippen molar-refractivity contribution in [3.8, 4) is 11.8 Å². The van der Waals surface area contributed by atoms with Crippen LogP contribution in [0.5, 0.6) is 0 Å². The van der Waals surface area contributed by atoms with Gasteiger partial charge in [0.05, 0.1) is 0 Å². The van der Waals surface area contributed by atoms with Crippen molar-refractivity contribution in [1.82, 2.24) is 0 Å². The molecule has 0 rings (SSSR count). The first-order valence-electron chi connectivity index (χ1n) is 8.61. The van der Waals surface area contributed by atoms with Gasteiger partial charge in [-0.25, -0.2) is 4.79 Å². The van der Waals surface area contributed by atoms with Crippen molar-refractivity contribution in [3.05, 3.63) is 24.8 Å². The van der Waals surface area contributed by atoms with Crippen LogP contribution in [0.15, 0.2) is 24.8 Å². The monoisotopic (exact) mass is 320 g/mol. The lowest BCUT2D eigenvalue weighted by molar-refractivity contribution is -0.148. The van der Waals surface area contributed by atoms with Gasteiger partial charge in [0.2, 0.25) is 0 Å². The van der Waals surface area contributed by atoms with Gasteiger partial charge >= 0.3 is 5.97 Å². The van der Waals surface area contributed by atoms with Gasteiger partial charge in [-0.1, -0.05) is 50.2 Å². The molecule has 3 heteroatoms. The Hall–Kier alpha value is -1.53. The fourth-order valence-electron chi connectivity index (χ4n) is 2.33. The number of ether oxygens (including phenoxy) is 1. The first-order valence-corrected chi connectivity index (χ1v) is 8.61. The standard InChI is InChI=1S/C20H32O3/c1-4-5-6-12-15-18(2)16-13-10-8-7-9-11-14-17-19(23-3)20(21)22/h4,7-8,18-19H,1,5-6,10,12-17H2,2-3H3,(H,21,22)/b8-7-/t18?,19-/m0/s1. The number of hydrogen-bond donors (Lipinski definition) is 1. The maximum Gasteiger partial charge on any atom is 0.332 e. The number of carboxylic acid groups (broad SMARTS) is 1. The Kier molecular flexibility index (Phi) is 14.3. The lowest BCUT2D eigenvalue weighted by Crippen LogP contribution is -2.21. The van der Waals surface area contributed by atoms with Gasteiger partial charge in [-0.05, 0) is 44.1 Å². The van der Waals surface area contributed by atoms with E-state index in [-0.39, 0.29) is 0 Å². The molecule has 0 spiro atoms. The molecule has 0 aliphatic rings. The number of rotatable bonds is 13. The van der Waals surface area contributed by atoms with E-state index in [1.54, 1.807) is 0 Å². The Morgan fingerprint density at radius 1 is 1.22 bits per heavy atom. The molecule has 0 saturated carbocycles. The summed E-state index contributed by atoms with van der Waals surface area (Å²) in [7, 11) is 1.41. The first-order chi connectivity index (χ1) is 11.1. The average Bonchev–Trinajstić information content (AvgIpc) is 2.53. The van der Waals surface area contributed by atoms with Crippen LogP contribution in [0, 0.1) is 17.8 Å². The molecule has 0 aliphatic heterocycles. The van der Waals surface area contributed by atoms with E-state index in [1.165, 1.54) is 39.2 Å². The smallest absolute Gasteiger partial charge is 0.332 e. The molecule has 2 atom stereocenters. The maximum atomic E-state index is 10.7. The van der Waals surface area contributed by atoms with Gasteiger partial charge in [-0.3, -0.25) is 0 Å². The number of carboxylic acids is 1. The average molecular weight is 320 g/mol. The molecular weight excluding hydrogens is 288 g/mol. The zero-order valence-electron chi connectivity index (χ0n) is 14.7. The van der Waals surface area contributed by atoms with Gasteiger partial charge in [0.1, 0.15) is 0 Å². The summed E-state index contributed by atoms with van der Waals surface area (Å²) in [4.78, 5) is 10.7.